The minimum Gasteiger partial charge on any atom is -0.756 e. The Bertz CT molecular complexity index is 997. The third kappa shape index (κ3) is 32.3. The fourth-order valence-electron chi connectivity index (χ4n) is 4.26. The van der Waals surface area contributed by atoms with Gasteiger partial charge in [-0.3, -0.25) is 9.36 Å². The Kier molecular flexibility index (Phi) is 28.7. The Hall–Kier alpha value is -2.06. The highest BCUT2D eigenvalue weighted by Crippen LogP contribution is 2.38. The number of aliphatic hydroxyl groups excluding tert-OH is 1. The fourth-order valence-corrected chi connectivity index (χ4v) is 4.98. The standard InChI is InChI=1S/C38H67N2O6P/c1-6-8-10-12-14-16-17-18-19-20-21-22-23-24-26-28-30-32-38(42)39-36(35-46-47(43,44)45-34-33-40(3,4)5)37(41)31-29-27-25-15-13-11-9-7-2/h8,10,13-16,18-19,21-22,29,31,36-37,41H,6-7,9,11-12,17,20,23-28,30,32-35H2,1-5H3,(H-,39,42,43,44)/b10-8-,15-13+,16-14-,19-18-,22-21-,31-29+. The Morgan fingerprint density at radius 2 is 1.32 bits per heavy atom. The molecule has 0 aromatic rings. The molecular weight excluding hydrogens is 611 g/mol. The largest absolute Gasteiger partial charge is 0.756 e. The molecule has 47 heavy (non-hydrogen) atoms. The maximum atomic E-state index is 12.7. The summed E-state index contributed by atoms with van der Waals surface area (Å²) >= 11 is 0. The number of quaternary nitrogens is 1. The number of hydrogen-bond donors (Lipinski definition) is 2. The van der Waals surface area contributed by atoms with Gasteiger partial charge in [0, 0.05) is 6.42 Å². The first-order chi connectivity index (χ1) is 22.5. The molecule has 9 heteroatoms. The second-order valence-electron chi connectivity index (χ2n) is 12.8. The number of allylic oxidation sites excluding steroid dienone is 11. The van der Waals surface area contributed by atoms with Gasteiger partial charge in [0.25, 0.3) is 7.82 Å². The SMILES string of the molecule is CC/C=C\C/C=C\C/C=C\C/C=C\CCCCCCC(=O)NC(COP(=O)([O-])OCC[N+](C)(C)C)C(O)/C=C/CC/C=C/CCCC. The first kappa shape index (κ1) is 44.9. The second kappa shape index (κ2) is 30.0. The molecule has 0 bridgehead atoms. The molecular formula is C38H67N2O6P. The molecule has 0 radical (unpaired) electrons. The van der Waals surface area contributed by atoms with E-state index in [1.54, 1.807) is 6.08 Å². The number of nitrogens with zero attached hydrogens (tertiary/aromatic N) is 1. The molecule has 0 spiro atoms. The van der Waals surface area contributed by atoms with Crippen LogP contribution < -0.4 is 10.2 Å². The van der Waals surface area contributed by atoms with Crippen molar-refractivity contribution in [3.63, 3.8) is 0 Å². The van der Waals surface area contributed by atoms with Crippen LogP contribution in [-0.4, -0.2) is 68.5 Å². The van der Waals surface area contributed by atoms with Gasteiger partial charge in [0.05, 0.1) is 39.9 Å². The van der Waals surface area contributed by atoms with Crippen molar-refractivity contribution >= 4 is 13.7 Å². The van der Waals surface area contributed by atoms with E-state index in [1.807, 2.05) is 27.2 Å². The summed E-state index contributed by atoms with van der Waals surface area (Å²) in [7, 11) is 1.20. The third-order valence-electron chi connectivity index (χ3n) is 7.15. The van der Waals surface area contributed by atoms with Crippen molar-refractivity contribution in [1.29, 1.82) is 0 Å². The Morgan fingerprint density at radius 1 is 0.766 bits per heavy atom. The van der Waals surface area contributed by atoms with E-state index in [2.05, 4.69) is 79.9 Å². The Morgan fingerprint density at radius 3 is 1.96 bits per heavy atom. The van der Waals surface area contributed by atoms with E-state index < -0.39 is 26.6 Å². The van der Waals surface area contributed by atoms with Crippen molar-refractivity contribution in [2.45, 2.75) is 122 Å². The highest BCUT2D eigenvalue weighted by molar-refractivity contribution is 7.45. The smallest absolute Gasteiger partial charge is 0.268 e. The van der Waals surface area contributed by atoms with Crippen molar-refractivity contribution in [2.24, 2.45) is 0 Å². The first-order valence-corrected chi connectivity index (χ1v) is 19.3. The highest BCUT2D eigenvalue weighted by Gasteiger charge is 2.23. The maximum absolute atomic E-state index is 12.7. The maximum Gasteiger partial charge on any atom is 0.268 e. The molecule has 0 aromatic heterocycles. The summed E-state index contributed by atoms with van der Waals surface area (Å²) in [5, 5.41) is 13.6. The zero-order valence-corrected chi connectivity index (χ0v) is 31.1. The molecule has 0 rings (SSSR count). The molecule has 3 atom stereocenters. The summed E-state index contributed by atoms with van der Waals surface area (Å²) in [5.41, 5.74) is 0. The average Bonchev–Trinajstić information content (AvgIpc) is 3.01. The van der Waals surface area contributed by atoms with Crippen molar-refractivity contribution in [3.05, 3.63) is 72.9 Å². The predicted octanol–water partition coefficient (Wildman–Crippen LogP) is 8.27. The molecule has 0 aliphatic carbocycles. The Balaban J connectivity index is 4.57. The average molecular weight is 679 g/mol. The summed E-state index contributed by atoms with van der Waals surface area (Å²) in [5.74, 6) is -0.240. The number of carbonyl (C=O) groups excluding carboxylic acids is 1. The topological polar surface area (TPSA) is 108 Å². The molecule has 2 N–H and O–H groups in total. The van der Waals surface area contributed by atoms with Crippen LogP contribution in [0.1, 0.15) is 110 Å². The van der Waals surface area contributed by atoms with Crippen LogP contribution >= 0.6 is 7.82 Å². The number of hydrogen-bond acceptors (Lipinski definition) is 6. The van der Waals surface area contributed by atoms with Crippen LogP contribution in [0.4, 0.5) is 0 Å². The van der Waals surface area contributed by atoms with Crippen molar-refractivity contribution in [1.82, 2.24) is 5.32 Å². The quantitative estimate of drug-likeness (QED) is 0.0343. The predicted molar refractivity (Wildman–Crippen MR) is 196 cm³/mol. The molecule has 3 unspecified atom stereocenters. The number of likely N-dealkylation sites (N-methyl/N-ethyl adjacent to an activating group) is 1. The molecule has 270 valence electrons. The number of phosphoric ester groups is 1. The summed E-state index contributed by atoms with van der Waals surface area (Å²) in [6.45, 7) is 4.36. The van der Waals surface area contributed by atoms with Gasteiger partial charge >= 0.3 is 0 Å². The zero-order chi connectivity index (χ0) is 35.1. The van der Waals surface area contributed by atoms with Gasteiger partial charge in [0.15, 0.2) is 0 Å². The monoisotopic (exact) mass is 678 g/mol. The van der Waals surface area contributed by atoms with Crippen LogP contribution in [0.2, 0.25) is 0 Å². The van der Waals surface area contributed by atoms with Gasteiger partial charge in [-0.15, -0.1) is 0 Å². The number of carbonyl (C=O) groups is 1. The summed E-state index contributed by atoms with van der Waals surface area (Å²) in [6, 6.07) is -0.915. The van der Waals surface area contributed by atoms with Gasteiger partial charge in [-0.2, -0.15) is 0 Å². The van der Waals surface area contributed by atoms with E-state index in [0.29, 0.717) is 17.4 Å². The molecule has 0 aliphatic heterocycles. The van der Waals surface area contributed by atoms with Gasteiger partial charge < -0.3 is 28.8 Å². The molecule has 0 saturated carbocycles. The van der Waals surface area contributed by atoms with E-state index in [-0.39, 0.29) is 12.5 Å². The van der Waals surface area contributed by atoms with Gasteiger partial charge in [-0.25, -0.2) is 0 Å². The zero-order valence-electron chi connectivity index (χ0n) is 30.2. The summed E-state index contributed by atoms with van der Waals surface area (Å²) < 4.78 is 22.9. The van der Waals surface area contributed by atoms with Crippen LogP contribution in [-0.2, 0) is 18.4 Å². The van der Waals surface area contributed by atoms with E-state index in [1.165, 1.54) is 6.42 Å². The molecule has 0 saturated heterocycles. The molecule has 1 amide bonds. The molecule has 0 heterocycles. The lowest BCUT2D eigenvalue weighted by atomic mass is 10.1. The van der Waals surface area contributed by atoms with Gasteiger partial charge in [-0.1, -0.05) is 112 Å². The molecule has 0 aliphatic rings. The van der Waals surface area contributed by atoms with Gasteiger partial charge in [-0.05, 0) is 64.2 Å². The minimum absolute atomic E-state index is 0.0161. The van der Waals surface area contributed by atoms with Gasteiger partial charge in [0.2, 0.25) is 5.91 Å². The summed E-state index contributed by atoms with van der Waals surface area (Å²) in [4.78, 5) is 25.0. The first-order valence-electron chi connectivity index (χ1n) is 17.8. The Labute approximate surface area is 287 Å². The van der Waals surface area contributed by atoms with Crippen LogP contribution in [0.5, 0.6) is 0 Å². The van der Waals surface area contributed by atoms with Crippen molar-refractivity contribution < 1.29 is 32.9 Å². The molecule has 8 nitrogen and oxygen atoms in total. The number of unbranched alkanes of at least 4 members (excludes halogenated alkanes) is 7. The molecule has 0 fully saturated rings. The number of amides is 1. The van der Waals surface area contributed by atoms with Crippen LogP contribution in [0.15, 0.2) is 72.9 Å². The van der Waals surface area contributed by atoms with Crippen LogP contribution in [0, 0.1) is 0 Å². The molecule has 0 aromatic carbocycles. The van der Waals surface area contributed by atoms with E-state index in [4.69, 9.17) is 9.05 Å². The van der Waals surface area contributed by atoms with E-state index >= 15 is 0 Å². The van der Waals surface area contributed by atoms with Crippen molar-refractivity contribution in [3.8, 4) is 0 Å². The van der Waals surface area contributed by atoms with Crippen molar-refractivity contribution in [2.75, 3.05) is 40.9 Å². The fraction of sp³-hybridized carbons (Fsp3) is 0.658. The van der Waals surface area contributed by atoms with Crippen LogP contribution in [0.25, 0.3) is 0 Å². The van der Waals surface area contributed by atoms with Gasteiger partial charge in [0.1, 0.15) is 13.2 Å². The lowest BCUT2D eigenvalue weighted by molar-refractivity contribution is -0.870. The van der Waals surface area contributed by atoms with E-state index in [0.717, 1.165) is 83.5 Å². The third-order valence-corrected chi connectivity index (χ3v) is 8.11. The number of rotatable bonds is 30. The lowest BCUT2D eigenvalue weighted by Crippen LogP contribution is -2.45. The number of aliphatic hydroxyl groups is 1. The highest BCUT2D eigenvalue weighted by atomic mass is 31.2. The van der Waals surface area contributed by atoms with E-state index in [9.17, 15) is 19.4 Å². The lowest BCUT2D eigenvalue weighted by Gasteiger charge is -2.29. The second-order valence-corrected chi connectivity index (χ2v) is 14.2. The minimum atomic E-state index is -4.59. The normalized spacial score (nSPS) is 15.6. The van der Waals surface area contributed by atoms with Crippen LogP contribution in [0.3, 0.4) is 0 Å². The number of nitrogens with one attached hydrogen (secondary N) is 1. The number of phosphoric acid groups is 1. The summed E-state index contributed by atoms with van der Waals surface area (Å²) in [6.07, 6.45) is 38.2.